The van der Waals surface area contributed by atoms with Crippen LogP contribution in [0.25, 0.3) is 5.70 Å². The Morgan fingerprint density at radius 3 is 2.13 bits per heavy atom. The highest BCUT2D eigenvalue weighted by Gasteiger charge is 2.46. The molecule has 6 heterocycles. The Balaban J connectivity index is 0.683. The number of amides is 6. The van der Waals surface area contributed by atoms with Crippen molar-refractivity contribution in [3.63, 3.8) is 0 Å². The lowest BCUT2D eigenvalue weighted by Crippen LogP contribution is -2.54. The van der Waals surface area contributed by atoms with Gasteiger partial charge in [0, 0.05) is 125 Å². The number of fused-ring (bicyclic) bond motifs is 3. The number of phenols is 1. The molecule has 3 unspecified atom stereocenters. The predicted octanol–water partition coefficient (Wildman–Crippen LogP) is 1.94. The van der Waals surface area contributed by atoms with Gasteiger partial charge in [-0.25, -0.2) is 0 Å². The van der Waals surface area contributed by atoms with E-state index in [9.17, 15) is 33.9 Å². The molecule has 9 N–H and O–H groups in total. The van der Waals surface area contributed by atoms with Gasteiger partial charge < -0.3 is 52.0 Å². The van der Waals surface area contributed by atoms with Crippen molar-refractivity contribution < 1.29 is 38.6 Å². The second kappa shape index (κ2) is 20.1. The van der Waals surface area contributed by atoms with Gasteiger partial charge in [0.25, 0.3) is 11.8 Å². The smallest absolute Gasteiger partial charge is 0.264 e. The number of anilines is 2. The maximum atomic E-state index is 13.5. The predicted molar refractivity (Wildman–Crippen MR) is 257 cm³/mol. The average molecular weight is 944 g/mol. The maximum absolute atomic E-state index is 13.5. The van der Waals surface area contributed by atoms with E-state index in [-0.39, 0.29) is 78.3 Å². The third-order valence-electron chi connectivity index (χ3n) is 14.4. The van der Waals surface area contributed by atoms with E-state index in [2.05, 4.69) is 37.5 Å². The van der Waals surface area contributed by atoms with Gasteiger partial charge in [0.05, 0.1) is 16.8 Å². The molecule has 69 heavy (non-hydrogen) atoms. The van der Waals surface area contributed by atoms with Crippen molar-refractivity contribution in [1.82, 2.24) is 29.8 Å². The van der Waals surface area contributed by atoms with E-state index in [4.69, 9.17) is 21.9 Å². The largest absolute Gasteiger partial charge is 0.507 e. The highest BCUT2D eigenvalue weighted by atomic mass is 16.5. The topological polar surface area (TPSA) is 253 Å². The molecule has 6 amide bonds. The van der Waals surface area contributed by atoms with E-state index in [1.54, 1.807) is 47.4 Å². The zero-order valence-corrected chi connectivity index (χ0v) is 38.7. The summed E-state index contributed by atoms with van der Waals surface area (Å²) in [6, 6.07) is 19.5. The van der Waals surface area contributed by atoms with Crippen LogP contribution in [-0.4, -0.2) is 155 Å². The van der Waals surface area contributed by atoms with Crippen molar-refractivity contribution >= 4 is 52.5 Å². The zero-order chi connectivity index (χ0) is 48.3. The monoisotopic (exact) mass is 943 g/mol. The summed E-state index contributed by atoms with van der Waals surface area (Å²) >= 11 is 0. The number of aromatic hydroxyl groups is 1. The minimum atomic E-state index is -1.04. The molecule has 0 aromatic heterocycles. The first kappa shape index (κ1) is 46.8. The first-order valence-corrected chi connectivity index (χ1v) is 24.0. The fourth-order valence-corrected chi connectivity index (χ4v) is 10.7. The molecule has 0 spiro atoms. The number of para-hydroxylation sites is 1. The molecule has 3 atom stereocenters. The van der Waals surface area contributed by atoms with Crippen LogP contribution in [0.5, 0.6) is 11.5 Å². The second-order valence-electron chi connectivity index (χ2n) is 18.7. The lowest BCUT2D eigenvalue weighted by molar-refractivity contribution is -0.138. The third kappa shape index (κ3) is 10.00. The number of nitrogens with two attached hydrogens (primary N) is 3. The van der Waals surface area contributed by atoms with Crippen molar-refractivity contribution in [3.8, 4) is 11.5 Å². The third-order valence-corrected chi connectivity index (χ3v) is 14.4. The van der Waals surface area contributed by atoms with Crippen LogP contribution in [-0.2, 0) is 19.2 Å². The van der Waals surface area contributed by atoms with Crippen LogP contribution < -0.4 is 37.5 Å². The van der Waals surface area contributed by atoms with Gasteiger partial charge in [-0.3, -0.25) is 43.9 Å². The SMILES string of the molecule is NC(N)=C(/C=C(\N)c1ccccc1O)N1CC2CCC(C1)N2c1cccc(OCCN2CCN(C(=O)CCC(=O)N3CCC(Nc4cccc5c4C(=O)N(C4CCC(=O)NC4=O)C5=O)CC3)CC2)c1. The lowest BCUT2D eigenvalue weighted by Gasteiger charge is -2.44. The Labute approximate surface area is 400 Å². The Morgan fingerprint density at radius 1 is 0.768 bits per heavy atom. The van der Waals surface area contributed by atoms with Crippen molar-refractivity contribution in [2.45, 2.75) is 75.5 Å². The number of piperazine rings is 2. The van der Waals surface area contributed by atoms with Gasteiger partial charge in [0.2, 0.25) is 23.6 Å². The molecule has 0 aliphatic carbocycles. The molecular weight excluding hydrogens is 883 g/mol. The second-order valence-corrected chi connectivity index (χ2v) is 18.7. The highest BCUT2D eigenvalue weighted by molar-refractivity contribution is 6.25. The maximum Gasteiger partial charge on any atom is 0.264 e. The summed E-state index contributed by atoms with van der Waals surface area (Å²) in [4.78, 5) is 89.0. The van der Waals surface area contributed by atoms with Crippen LogP contribution in [0, 0.1) is 0 Å². The number of benzene rings is 3. The van der Waals surface area contributed by atoms with Crippen LogP contribution in [0.4, 0.5) is 11.4 Å². The van der Waals surface area contributed by atoms with E-state index in [1.165, 1.54) is 0 Å². The number of ether oxygens (including phenoxy) is 1. The molecule has 0 saturated carbocycles. The quantitative estimate of drug-likeness (QED) is 0.0998. The molecule has 0 radical (unpaired) electrons. The molecule has 19 nitrogen and oxygen atoms in total. The molecule has 3 aromatic rings. The van der Waals surface area contributed by atoms with Gasteiger partial charge in [0.1, 0.15) is 30.0 Å². The van der Waals surface area contributed by atoms with Gasteiger partial charge >= 0.3 is 0 Å². The minimum Gasteiger partial charge on any atom is -0.507 e. The lowest BCUT2D eigenvalue weighted by atomic mass is 10.0. The number of nitrogens with zero attached hydrogens (tertiary/aromatic N) is 6. The van der Waals surface area contributed by atoms with Crippen molar-refractivity contribution in [2.24, 2.45) is 17.2 Å². The van der Waals surface area contributed by atoms with E-state index >= 15 is 0 Å². The molecule has 3 aromatic carbocycles. The first-order valence-electron chi connectivity index (χ1n) is 24.0. The summed E-state index contributed by atoms with van der Waals surface area (Å²) in [5.41, 5.74) is 22.4. The Morgan fingerprint density at radius 2 is 1.45 bits per heavy atom. The average Bonchev–Trinajstić information content (AvgIpc) is 3.76. The normalized spacial score (nSPS) is 22.2. The van der Waals surface area contributed by atoms with Gasteiger partial charge in [-0.1, -0.05) is 24.3 Å². The van der Waals surface area contributed by atoms with E-state index < -0.39 is 29.7 Å². The number of phenolic OH excluding ortho intramolecular Hbond substituents is 1. The molecule has 2 bridgehead atoms. The number of imide groups is 2. The summed E-state index contributed by atoms with van der Waals surface area (Å²) in [6.45, 7) is 6.22. The summed E-state index contributed by atoms with van der Waals surface area (Å²) in [5.74, 6) is -1.24. The first-order chi connectivity index (χ1) is 33.3. The van der Waals surface area contributed by atoms with Gasteiger partial charge in [-0.2, -0.15) is 0 Å². The van der Waals surface area contributed by atoms with E-state index in [1.807, 2.05) is 23.1 Å². The number of carbonyl (C=O) groups is 6. The number of allylic oxidation sites excluding steroid dienone is 1. The molecule has 364 valence electrons. The van der Waals surface area contributed by atoms with Crippen molar-refractivity contribution in [1.29, 1.82) is 0 Å². The zero-order valence-electron chi connectivity index (χ0n) is 38.7. The number of nitrogens with one attached hydrogen (secondary N) is 2. The molecule has 5 saturated heterocycles. The number of hydrogen-bond donors (Lipinski definition) is 6. The van der Waals surface area contributed by atoms with Crippen molar-refractivity contribution in [3.05, 3.63) is 101 Å². The van der Waals surface area contributed by atoms with Crippen LogP contribution >= 0.6 is 0 Å². The fraction of sp³-hybridized carbons (Fsp3) is 0.440. The number of likely N-dealkylation sites (tertiary alicyclic amines) is 2. The van der Waals surface area contributed by atoms with Crippen LogP contribution in [0.1, 0.15) is 77.6 Å². The van der Waals surface area contributed by atoms with Crippen LogP contribution in [0.2, 0.25) is 0 Å². The van der Waals surface area contributed by atoms with Crippen LogP contribution in [0.3, 0.4) is 0 Å². The Bertz CT molecular complexity index is 2550. The molecule has 19 heteroatoms. The molecule has 6 aliphatic rings. The molecular formula is C50H61N11O8. The Hall–Kier alpha value is -7.28. The Kier molecular flexibility index (Phi) is 13.7. The number of rotatable bonds is 14. The van der Waals surface area contributed by atoms with E-state index in [0.29, 0.717) is 87.9 Å². The van der Waals surface area contributed by atoms with Gasteiger partial charge in [-0.15, -0.1) is 0 Å². The number of hydrogen-bond acceptors (Lipinski definition) is 15. The van der Waals surface area contributed by atoms with Gasteiger partial charge in [-0.05, 0) is 74.6 Å². The summed E-state index contributed by atoms with van der Waals surface area (Å²) < 4.78 is 6.27. The standard InChI is InChI=1S/C50H61N11O8/c51-38(36-7-1-2-10-42(36)62)28-41(47(52)53)59-29-33-11-12-34(30-59)60(33)32-5-3-6-35(27-32)69-26-25-56-21-23-58(24-22-56)45(65)16-15-44(64)57-19-17-31(18-20-57)54-39-9-4-8-37-46(39)50(68)61(49(37)67)40-13-14-43(63)55-48(40)66/h1-10,27-28,31,33-34,40,54,62H,11-26,29-30,51-53H2,(H,55,63,66)/b38-28-. The number of piperidine rings is 2. The fourth-order valence-electron chi connectivity index (χ4n) is 10.7. The van der Waals surface area contributed by atoms with Crippen LogP contribution in [0.15, 0.2) is 84.3 Å². The summed E-state index contributed by atoms with van der Waals surface area (Å²) in [5, 5.41) is 16.0. The summed E-state index contributed by atoms with van der Waals surface area (Å²) in [6.07, 6.45) is 5.44. The minimum absolute atomic E-state index is 0.0299. The molecule has 5 fully saturated rings. The van der Waals surface area contributed by atoms with E-state index in [0.717, 1.165) is 42.3 Å². The molecule has 9 rings (SSSR count). The molecule has 6 aliphatic heterocycles. The number of carbonyl (C=O) groups excluding carboxylic acids is 6. The van der Waals surface area contributed by atoms with Crippen molar-refractivity contribution in [2.75, 3.05) is 75.7 Å². The highest BCUT2D eigenvalue weighted by Crippen LogP contribution is 2.38. The van der Waals surface area contributed by atoms with Gasteiger partial charge in [0.15, 0.2) is 0 Å². The summed E-state index contributed by atoms with van der Waals surface area (Å²) in [7, 11) is 0.